The van der Waals surface area contributed by atoms with E-state index in [4.69, 9.17) is 0 Å². The molecule has 1 unspecified atom stereocenters. The van der Waals surface area contributed by atoms with E-state index in [9.17, 15) is 19.9 Å². The predicted octanol–water partition coefficient (Wildman–Crippen LogP) is 2.91. The van der Waals surface area contributed by atoms with Gasteiger partial charge < -0.3 is 0 Å². The third-order valence-corrected chi connectivity index (χ3v) is 1.61. The van der Waals surface area contributed by atoms with E-state index in [1.54, 1.807) is 0 Å². The molecule has 0 radical (unpaired) electrons. The second kappa shape index (κ2) is 1.49. The van der Waals surface area contributed by atoms with E-state index in [1.807, 2.05) is 0 Å². The van der Waals surface area contributed by atoms with Gasteiger partial charge >= 0.3 is 0 Å². The van der Waals surface area contributed by atoms with Crippen LogP contribution in [0.2, 0.25) is 0 Å². The molecule has 0 saturated carbocycles. The number of alkyl halides is 1. The van der Waals surface area contributed by atoms with Gasteiger partial charge in [-0.15, -0.1) is 15.5 Å². The third-order valence-electron chi connectivity index (χ3n) is 0.538. The number of thiol groups is 1. The second-order valence-corrected chi connectivity index (χ2v) is 3.61. The quantitative estimate of drug-likeness (QED) is 0.438. The maximum absolute atomic E-state index is 11.2. The molecule has 0 aromatic carbocycles. The molecule has 8 heavy (non-hydrogen) atoms. The number of hydrogen-bond acceptors (Lipinski definition) is 0. The fraction of sp³-hybridized carbons (Fsp3) is 1.00. The van der Waals surface area contributed by atoms with Gasteiger partial charge in [-0.3, -0.25) is 0 Å². The summed E-state index contributed by atoms with van der Waals surface area (Å²) in [4.78, 5) is 0. The SMILES string of the molecule is CC(F)[SH](F)(F)(F)F. The summed E-state index contributed by atoms with van der Waals surface area (Å²) in [6, 6.07) is 0. The van der Waals surface area contributed by atoms with Crippen LogP contribution < -0.4 is 0 Å². The zero-order chi connectivity index (χ0) is 7.02. The zero-order valence-electron chi connectivity index (χ0n) is 3.91. The Morgan fingerprint density at radius 3 is 1.25 bits per heavy atom. The van der Waals surface area contributed by atoms with Gasteiger partial charge in [-0.25, -0.2) is 4.39 Å². The summed E-state index contributed by atoms with van der Waals surface area (Å²) in [5, 5.41) is 0. The Balaban J connectivity index is 4.14. The Hall–Kier alpha value is -0.0000000000000000555. The molecule has 0 aliphatic carbocycles. The van der Waals surface area contributed by atoms with Gasteiger partial charge in [0.05, 0.1) is 0 Å². The highest BCUT2D eigenvalue weighted by atomic mass is 32.4. The van der Waals surface area contributed by atoms with Gasteiger partial charge in [0.25, 0.3) is 0 Å². The Kier molecular flexibility index (Phi) is 1.49. The van der Waals surface area contributed by atoms with Crippen molar-refractivity contribution in [2.75, 3.05) is 0 Å². The standard InChI is InChI=1S/C2H5F5S/c1-2(3)8(4,5,6)7/h2,8H,1H3. The van der Waals surface area contributed by atoms with E-state index in [-0.39, 0.29) is 6.92 Å². The van der Waals surface area contributed by atoms with Crippen molar-refractivity contribution in [3.05, 3.63) is 0 Å². The lowest BCUT2D eigenvalue weighted by atomic mass is 10.9. The van der Waals surface area contributed by atoms with Crippen molar-refractivity contribution in [1.82, 2.24) is 0 Å². The van der Waals surface area contributed by atoms with Crippen LogP contribution in [0.25, 0.3) is 0 Å². The minimum Gasteiger partial charge on any atom is -0.229 e. The largest absolute Gasteiger partial charge is 0.229 e. The van der Waals surface area contributed by atoms with Crippen LogP contribution in [0.5, 0.6) is 0 Å². The van der Waals surface area contributed by atoms with Crippen molar-refractivity contribution in [3.63, 3.8) is 0 Å². The van der Waals surface area contributed by atoms with Crippen LogP contribution in [0.4, 0.5) is 19.9 Å². The van der Waals surface area contributed by atoms with Crippen LogP contribution in [-0.2, 0) is 0 Å². The minimum absolute atomic E-state index is 0.151. The third kappa shape index (κ3) is 2.34. The summed E-state index contributed by atoms with van der Waals surface area (Å²) in [5.41, 5.74) is -3.29. The van der Waals surface area contributed by atoms with Crippen molar-refractivity contribution in [1.29, 1.82) is 0 Å². The number of hydrogen-bond donors (Lipinski definition) is 1. The molecule has 0 saturated heterocycles. The molecule has 0 heterocycles. The van der Waals surface area contributed by atoms with Crippen molar-refractivity contribution in [3.8, 4) is 0 Å². The molecule has 6 heteroatoms. The van der Waals surface area contributed by atoms with Gasteiger partial charge in [-0.1, -0.05) is 0 Å². The van der Waals surface area contributed by atoms with Gasteiger partial charge in [0.2, 0.25) is 5.50 Å². The molecule has 0 bridgehead atoms. The molecule has 0 N–H and O–H groups in total. The first-order chi connectivity index (χ1) is 3.20. The van der Waals surface area contributed by atoms with E-state index in [1.165, 1.54) is 0 Å². The van der Waals surface area contributed by atoms with E-state index in [0.717, 1.165) is 0 Å². The molecule has 0 rings (SSSR count). The molecular weight excluding hydrogens is 151 g/mol. The maximum Gasteiger partial charge on any atom is 0.204 e. The van der Waals surface area contributed by atoms with Crippen LogP contribution in [0.3, 0.4) is 0 Å². The monoisotopic (exact) mass is 156 g/mol. The molecule has 0 fully saturated rings. The Labute approximate surface area is 44.1 Å². The van der Waals surface area contributed by atoms with E-state index in [2.05, 4.69) is 0 Å². The smallest absolute Gasteiger partial charge is 0.204 e. The molecule has 1 atom stereocenters. The second-order valence-electron chi connectivity index (χ2n) is 1.35. The summed E-state index contributed by atoms with van der Waals surface area (Å²) in [6.45, 7) is 0.151. The molecule has 0 aromatic heterocycles. The molecule has 54 valence electrons. The van der Waals surface area contributed by atoms with Gasteiger partial charge in [-0.05, 0) is 6.92 Å². The lowest BCUT2D eigenvalue weighted by molar-refractivity contribution is 0.368. The highest BCUT2D eigenvalue weighted by Crippen LogP contribution is 2.79. The summed E-state index contributed by atoms with van der Waals surface area (Å²) in [5.74, 6) is 0. The van der Waals surface area contributed by atoms with Crippen LogP contribution >= 0.6 is 10.7 Å². The zero-order valence-corrected chi connectivity index (χ0v) is 4.81. The Bertz CT molecular complexity index is 81.1. The summed E-state index contributed by atoms with van der Waals surface area (Å²) in [7, 11) is -7.85. The maximum atomic E-state index is 11.2. The molecule has 0 aliphatic heterocycles. The molecule has 0 amide bonds. The summed E-state index contributed by atoms with van der Waals surface area (Å²) in [6.07, 6.45) is 0. The topological polar surface area (TPSA) is 0 Å². The van der Waals surface area contributed by atoms with Gasteiger partial charge in [-0.2, -0.15) is 0 Å². The van der Waals surface area contributed by atoms with Gasteiger partial charge in [0.15, 0.2) is 10.7 Å². The highest BCUT2D eigenvalue weighted by Gasteiger charge is 2.44. The van der Waals surface area contributed by atoms with Crippen molar-refractivity contribution < 1.29 is 19.9 Å². The van der Waals surface area contributed by atoms with Crippen molar-refractivity contribution >= 4 is 10.7 Å². The van der Waals surface area contributed by atoms with Crippen LogP contribution in [-0.4, -0.2) is 5.50 Å². The number of rotatable bonds is 1. The average Bonchev–Trinajstić information content (AvgIpc) is 1.27. The van der Waals surface area contributed by atoms with Gasteiger partial charge in [0.1, 0.15) is 0 Å². The fourth-order valence-corrected chi connectivity index (χ4v) is 0. The van der Waals surface area contributed by atoms with E-state index >= 15 is 0 Å². The van der Waals surface area contributed by atoms with Crippen LogP contribution in [0, 0.1) is 0 Å². The van der Waals surface area contributed by atoms with Crippen LogP contribution in [0.1, 0.15) is 6.92 Å². The minimum atomic E-state index is -7.85. The first kappa shape index (κ1) is 8.00. The first-order valence-corrected chi connectivity index (χ1v) is 3.60. The molecule has 0 spiro atoms. The van der Waals surface area contributed by atoms with Gasteiger partial charge in [0, 0.05) is 0 Å². The molecule has 0 aliphatic rings. The lowest BCUT2D eigenvalue weighted by Crippen LogP contribution is -2.03. The molecule has 0 nitrogen and oxygen atoms in total. The van der Waals surface area contributed by atoms with E-state index in [0.29, 0.717) is 0 Å². The lowest BCUT2D eigenvalue weighted by Gasteiger charge is -2.29. The van der Waals surface area contributed by atoms with Crippen molar-refractivity contribution in [2.45, 2.75) is 12.4 Å². The normalized spacial score (nSPS) is 21.5. The van der Waals surface area contributed by atoms with Crippen molar-refractivity contribution in [2.24, 2.45) is 0 Å². The molecule has 0 aromatic rings. The highest BCUT2D eigenvalue weighted by molar-refractivity contribution is 8.33. The fourth-order valence-electron chi connectivity index (χ4n) is 0. The average molecular weight is 156 g/mol. The number of halogens is 5. The first-order valence-electron chi connectivity index (χ1n) is 1.73. The summed E-state index contributed by atoms with van der Waals surface area (Å²) >= 11 is 0. The Morgan fingerprint density at radius 1 is 1.12 bits per heavy atom. The van der Waals surface area contributed by atoms with Crippen LogP contribution in [0.15, 0.2) is 0 Å². The Morgan fingerprint density at radius 2 is 1.25 bits per heavy atom. The predicted molar refractivity (Wildman–Crippen MR) is 24.0 cm³/mol. The summed E-state index contributed by atoms with van der Waals surface area (Å²) < 4.78 is 55.0. The van der Waals surface area contributed by atoms with E-state index < -0.39 is 16.2 Å². The molecular formula is C2H5F5S.